The van der Waals surface area contributed by atoms with Crippen molar-refractivity contribution in [2.45, 2.75) is 6.23 Å². The predicted octanol–water partition coefficient (Wildman–Crippen LogP) is -0.387. The van der Waals surface area contributed by atoms with Crippen molar-refractivity contribution in [1.29, 1.82) is 0 Å². The molecule has 0 aromatic carbocycles. The Labute approximate surface area is 58.5 Å². The molecule has 4 nitrogen and oxygen atoms in total. The lowest BCUT2D eigenvalue weighted by atomic mass is 10.3. The molecule has 5 N–H and O–H groups in total. The molecule has 1 atom stereocenters. The van der Waals surface area contributed by atoms with Gasteiger partial charge in [-0.3, -0.25) is 4.98 Å². The number of pyridine rings is 1. The van der Waals surface area contributed by atoms with Gasteiger partial charge in [0.1, 0.15) is 6.23 Å². The fourth-order valence-electron chi connectivity index (χ4n) is 0.592. The van der Waals surface area contributed by atoms with Crippen LogP contribution in [-0.4, -0.2) is 10.1 Å². The van der Waals surface area contributed by atoms with Crippen LogP contribution in [0, 0.1) is 0 Å². The highest BCUT2D eigenvalue weighted by molar-refractivity contribution is 5.34. The van der Waals surface area contributed by atoms with Crippen molar-refractivity contribution in [3.8, 4) is 0 Å². The van der Waals surface area contributed by atoms with Gasteiger partial charge >= 0.3 is 0 Å². The summed E-state index contributed by atoms with van der Waals surface area (Å²) in [5.74, 6) is 0. The summed E-state index contributed by atoms with van der Waals surface area (Å²) in [6.07, 6.45) is 0.436. The molecule has 0 amide bonds. The fourth-order valence-corrected chi connectivity index (χ4v) is 0.592. The lowest BCUT2D eigenvalue weighted by molar-refractivity contribution is 0.181. The number of anilines is 1. The second-order valence-electron chi connectivity index (χ2n) is 1.96. The van der Waals surface area contributed by atoms with Crippen molar-refractivity contribution in [3.05, 3.63) is 24.0 Å². The molecule has 4 heteroatoms. The Balaban J connectivity index is 2.89. The molecule has 0 saturated heterocycles. The largest absolute Gasteiger partial charge is 0.397 e. The van der Waals surface area contributed by atoms with E-state index in [0.29, 0.717) is 11.4 Å². The number of aromatic nitrogens is 1. The second-order valence-corrected chi connectivity index (χ2v) is 1.96. The van der Waals surface area contributed by atoms with E-state index in [1.165, 1.54) is 6.20 Å². The summed E-state index contributed by atoms with van der Waals surface area (Å²) in [6, 6.07) is 3.22. The first-order valence-corrected chi connectivity index (χ1v) is 2.85. The summed E-state index contributed by atoms with van der Waals surface area (Å²) in [4.78, 5) is 3.78. The second kappa shape index (κ2) is 2.64. The van der Waals surface area contributed by atoms with Crippen LogP contribution in [-0.2, 0) is 0 Å². The fraction of sp³-hybridized carbons (Fsp3) is 0.167. The van der Waals surface area contributed by atoms with Crippen LogP contribution in [0.5, 0.6) is 0 Å². The number of nitrogens with zero attached hydrogens (tertiary/aromatic N) is 1. The zero-order chi connectivity index (χ0) is 7.56. The highest BCUT2D eigenvalue weighted by Gasteiger charge is 1.99. The molecular weight excluding hydrogens is 130 g/mol. The van der Waals surface area contributed by atoms with E-state index >= 15 is 0 Å². The predicted molar refractivity (Wildman–Crippen MR) is 37.8 cm³/mol. The van der Waals surface area contributed by atoms with Crippen molar-refractivity contribution in [2.75, 3.05) is 5.73 Å². The number of nitrogen functional groups attached to an aromatic ring is 1. The Bertz CT molecular complexity index is 207. The molecule has 1 aromatic rings. The Morgan fingerprint density at radius 2 is 2.20 bits per heavy atom. The summed E-state index contributed by atoms with van der Waals surface area (Å²) < 4.78 is 0. The zero-order valence-corrected chi connectivity index (χ0v) is 5.36. The van der Waals surface area contributed by atoms with Crippen LogP contribution in [0.3, 0.4) is 0 Å². The molecule has 0 radical (unpaired) electrons. The van der Waals surface area contributed by atoms with E-state index in [9.17, 15) is 0 Å². The van der Waals surface area contributed by atoms with Gasteiger partial charge in [0.05, 0.1) is 17.6 Å². The summed E-state index contributed by atoms with van der Waals surface area (Å²) in [6.45, 7) is 0. The third kappa shape index (κ3) is 1.43. The van der Waals surface area contributed by atoms with Crippen LogP contribution in [0.25, 0.3) is 0 Å². The van der Waals surface area contributed by atoms with Crippen LogP contribution < -0.4 is 11.5 Å². The number of rotatable bonds is 1. The first-order valence-electron chi connectivity index (χ1n) is 2.85. The van der Waals surface area contributed by atoms with Crippen molar-refractivity contribution >= 4 is 5.69 Å². The molecule has 0 fully saturated rings. The van der Waals surface area contributed by atoms with Gasteiger partial charge in [-0.2, -0.15) is 0 Å². The van der Waals surface area contributed by atoms with E-state index in [1.54, 1.807) is 12.1 Å². The SMILES string of the molecule is Nc1ccc(C(N)O)nc1. The third-order valence-corrected chi connectivity index (χ3v) is 1.11. The maximum atomic E-state index is 8.79. The Hall–Kier alpha value is -1.13. The number of aliphatic hydroxyl groups is 1. The molecule has 0 saturated carbocycles. The summed E-state index contributed by atoms with van der Waals surface area (Å²) in [7, 11) is 0. The molecule has 0 aliphatic carbocycles. The minimum atomic E-state index is -1.01. The molecule has 10 heavy (non-hydrogen) atoms. The van der Waals surface area contributed by atoms with Crippen molar-refractivity contribution < 1.29 is 5.11 Å². The van der Waals surface area contributed by atoms with E-state index in [1.807, 2.05) is 0 Å². The molecule has 54 valence electrons. The van der Waals surface area contributed by atoms with E-state index in [-0.39, 0.29) is 0 Å². The van der Waals surface area contributed by atoms with Crippen LogP contribution in [0.4, 0.5) is 5.69 Å². The van der Waals surface area contributed by atoms with Crippen molar-refractivity contribution in [2.24, 2.45) is 5.73 Å². The van der Waals surface area contributed by atoms with Gasteiger partial charge < -0.3 is 16.6 Å². The van der Waals surface area contributed by atoms with Gasteiger partial charge in [-0.15, -0.1) is 0 Å². The molecule has 1 unspecified atom stereocenters. The summed E-state index contributed by atoms with van der Waals surface area (Å²) >= 11 is 0. The summed E-state index contributed by atoms with van der Waals surface area (Å²) in [5.41, 5.74) is 11.4. The molecular formula is C6H9N3O. The van der Waals surface area contributed by atoms with Gasteiger partial charge in [0.15, 0.2) is 0 Å². The monoisotopic (exact) mass is 139 g/mol. The highest BCUT2D eigenvalue weighted by Crippen LogP contribution is 2.05. The lowest BCUT2D eigenvalue weighted by Gasteiger charge is -2.01. The normalized spacial score (nSPS) is 13.0. The quantitative estimate of drug-likeness (QED) is 0.463. The number of aliphatic hydroxyl groups excluding tert-OH is 1. The molecule has 0 bridgehead atoms. The van der Waals surface area contributed by atoms with E-state index in [2.05, 4.69) is 4.98 Å². The minimum absolute atomic E-state index is 0.425. The third-order valence-electron chi connectivity index (χ3n) is 1.11. The first kappa shape index (κ1) is 6.98. The molecule has 0 spiro atoms. The molecule has 1 heterocycles. The maximum absolute atomic E-state index is 8.79. The van der Waals surface area contributed by atoms with Gasteiger partial charge in [-0.05, 0) is 12.1 Å². The van der Waals surface area contributed by atoms with Gasteiger partial charge in [-0.25, -0.2) is 0 Å². The zero-order valence-electron chi connectivity index (χ0n) is 5.36. The Morgan fingerprint density at radius 1 is 1.50 bits per heavy atom. The first-order chi connectivity index (χ1) is 4.70. The van der Waals surface area contributed by atoms with Gasteiger partial charge in [-0.1, -0.05) is 0 Å². The lowest BCUT2D eigenvalue weighted by Crippen LogP contribution is -2.10. The minimum Gasteiger partial charge on any atom is -0.397 e. The van der Waals surface area contributed by atoms with Crippen molar-refractivity contribution in [3.63, 3.8) is 0 Å². The average Bonchev–Trinajstić information content (AvgIpc) is 1.88. The smallest absolute Gasteiger partial charge is 0.145 e. The standard InChI is InChI=1S/C6H9N3O/c7-4-1-2-5(6(8)10)9-3-4/h1-3,6,10H,7-8H2. The van der Waals surface area contributed by atoms with Crippen molar-refractivity contribution in [1.82, 2.24) is 4.98 Å². The number of hydrogen-bond donors (Lipinski definition) is 3. The highest BCUT2D eigenvalue weighted by atomic mass is 16.3. The van der Waals surface area contributed by atoms with Crippen LogP contribution in [0.2, 0.25) is 0 Å². The molecule has 0 aliphatic heterocycles. The van der Waals surface area contributed by atoms with Crippen LogP contribution >= 0.6 is 0 Å². The van der Waals surface area contributed by atoms with Gasteiger partial charge in [0.2, 0.25) is 0 Å². The van der Waals surface area contributed by atoms with E-state index < -0.39 is 6.23 Å². The maximum Gasteiger partial charge on any atom is 0.145 e. The summed E-state index contributed by atoms with van der Waals surface area (Å²) in [5, 5.41) is 8.79. The van der Waals surface area contributed by atoms with Crippen LogP contribution in [0.1, 0.15) is 11.9 Å². The average molecular weight is 139 g/mol. The van der Waals surface area contributed by atoms with Gasteiger partial charge in [0.25, 0.3) is 0 Å². The van der Waals surface area contributed by atoms with E-state index in [0.717, 1.165) is 0 Å². The Morgan fingerprint density at radius 3 is 2.60 bits per heavy atom. The van der Waals surface area contributed by atoms with Gasteiger partial charge in [0, 0.05) is 0 Å². The number of nitrogens with two attached hydrogens (primary N) is 2. The van der Waals surface area contributed by atoms with Crippen LogP contribution in [0.15, 0.2) is 18.3 Å². The van der Waals surface area contributed by atoms with E-state index in [4.69, 9.17) is 16.6 Å². The molecule has 0 aliphatic rings. The molecule has 1 aromatic heterocycles. The molecule has 1 rings (SSSR count). The topological polar surface area (TPSA) is 85.2 Å². The Kier molecular flexibility index (Phi) is 1.84. The number of hydrogen-bond acceptors (Lipinski definition) is 4.